The van der Waals surface area contributed by atoms with Crippen LogP contribution in [0, 0.1) is 13.8 Å². The van der Waals surface area contributed by atoms with E-state index >= 15 is 0 Å². The van der Waals surface area contributed by atoms with Gasteiger partial charge in [-0.15, -0.1) is 0 Å². The van der Waals surface area contributed by atoms with E-state index in [2.05, 4.69) is 62.2 Å². The van der Waals surface area contributed by atoms with Gasteiger partial charge in [0, 0.05) is 24.2 Å². The number of hydrogen-bond acceptors (Lipinski definition) is 3. The molecule has 3 aromatic heterocycles. The normalized spacial score (nSPS) is 12.0. The van der Waals surface area contributed by atoms with Crippen LogP contribution >= 0.6 is 0 Å². The number of pyridine rings is 2. The van der Waals surface area contributed by atoms with Gasteiger partial charge in [-0.3, -0.25) is 14.7 Å². The van der Waals surface area contributed by atoms with Gasteiger partial charge in [0.25, 0.3) is 11.1 Å². The number of rotatable bonds is 10. The van der Waals surface area contributed by atoms with E-state index in [1.54, 1.807) is 0 Å². The first-order chi connectivity index (χ1) is 19.9. The minimum atomic E-state index is 0.00704. The van der Waals surface area contributed by atoms with Gasteiger partial charge in [0.15, 0.2) is 0 Å². The number of fused-ring (bicyclic) bond motifs is 2. The van der Waals surface area contributed by atoms with Crippen LogP contribution in [-0.4, -0.2) is 19.3 Å². The Morgan fingerprint density at radius 1 is 0.683 bits per heavy atom. The molecule has 41 heavy (non-hydrogen) atoms. The van der Waals surface area contributed by atoms with Crippen molar-refractivity contribution in [3.05, 3.63) is 109 Å². The summed E-state index contributed by atoms with van der Waals surface area (Å²) in [5.74, 6) is 0. The predicted octanol–water partition coefficient (Wildman–Crippen LogP) is 7.60. The molecule has 3 heterocycles. The number of nitrogens with one attached hydrogen (secondary N) is 1. The quantitative estimate of drug-likeness (QED) is 0.196. The first-order valence-electron chi connectivity index (χ1n) is 14.6. The average molecular weight is 547 g/mol. The monoisotopic (exact) mass is 546 g/mol. The lowest BCUT2D eigenvalue weighted by atomic mass is 10.1. The Labute approximate surface area is 240 Å². The fourth-order valence-electron chi connectivity index (χ4n) is 5.25. The van der Waals surface area contributed by atoms with Crippen LogP contribution in [-0.2, 0) is 13.1 Å². The van der Waals surface area contributed by atoms with Crippen molar-refractivity contribution < 1.29 is 0 Å². The van der Waals surface area contributed by atoms with Crippen LogP contribution in [0.3, 0.4) is 0 Å². The van der Waals surface area contributed by atoms with Crippen LogP contribution in [0.15, 0.2) is 64.2 Å². The Morgan fingerprint density at radius 2 is 1.20 bits per heavy atom. The topological polar surface area (TPSA) is 72.7 Å². The molecule has 6 heteroatoms. The van der Waals surface area contributed by atoms with E-state index in [1.165, 1.54) is 0 Å². The molecule has 5 rings (SSSR count). The Kier molecular flexibility index (Phi) is 8.48. The maximum atomic E-state index is 13.3. The lowest BCUT2D eigenvalue weighted by molar-refractivity contribution is 0.631. The second-order valence-electron chi connectivity index (χ2n) is 10.9. The summed E-state index contributed by atoms with van der Waals surface area (Å²) in [5.41, 5.74) is 7.06. The number of aromatic amines is 1. The van der Waals surface area contributed by atoms with Crippen molar-refractivity contribution in [2.75, 3.05) is 0 Å². The SMILES string of the molecule is CCCCn1c(=O)c(/C=C/c2cc(/C=C/c3cc4cc(C)ccc4n(CCCC)c3=O)[nH]n2)cc2cc(C)ccc21. The van der Waals surface area contributed by atoms with Crippen molar-refractivity contribution in [1.82, 2.24) is 19.3 Å². The van der Waals surface area contributed by atoms with Gasteiger partial charge in [-0.05, 0) is 104 Å². The van der Waals surface area contributed by atoms with E-state index in [9.17, 15) is 9.59 Å². The molecule has 0 spiro atoms. The summed E-state index contributed by atoms with van der Waals surface area (Å²) in [4.78, 5) is 26.7. The summed E-state index contributed by atoms with van der Waals surface area (Å²) < 4.78 is 3.77. The molecule has 6 nitrogen and oxygen atoms in total. The average Bonchev–Trinajstić information content (AvgIpc) is 3.42. The zero-order valence-electron chi connectivity index (χ0n) is 24.4. The summed E-state index contributed by atoms with van der Waals surface area (Å²) >= 11 is 0. The van der Waals surface area contributed by atoms with Gasteiger partial charge in [-0.25, -0.2) is 0 Å². The number of aromatic nitrogens is 4. The third-order valence-corrected chi connectivity index (χ3v) is 7.52. The molecule has 0 radical (unpaired) electrons. The fourth-order valence-corrected chi connectivity index (χ4v) is 5.25. The van der Waals surface area contributed by atoms with Crippen molar-refractivity contribution in [2.45, 2.75) is 66.5 Å². The van der Waals surface area contributed by atoms with Crippen LogP contribution in [0.1, 0.15) is 73.2 Å². The van der Waals surface area contributed by atoms with Gasteiger partial charge in [0.1, 0.15) is 0 Å². The lowest BCUT2D eigenvalue weighted by Crippen LogP contribution is -2.22. The highest BCUT2D eigenvalue weighted by molar-refractivity contribution is 5.85. The number of aryl methyl sites for hydroxylation is 4. The third kappa shape index (κ3) is 6.17. The van der Waals surface area contributed by atoms with E-state index in [0.29, 0.717) is 29.9 Å². The highest BCUT2D eigenvalue weighted by Gasteiger charge is 2.10. The van der Waals surface area contributed by atoms with Gasteiger partial charge < -0.3 is 9.13 Å². The summed E-state index contributed by atoms with van der Waals surface area (Å²) in [5, 5.41) is 9.56. The molecule has 0 atom stereocenters. The molecular formula is C35H38N4O2. The molecule has 0 saturated heterocycles. The van der Waals surface area contributed by atoms with Crippen LogP contribution < -0.4 is 11.1 Å². The molecular weight excluding hydrogens is 508 g/mol. The van der Waals surface area contributed by atoms with Crippen molar-refractivity contribution in [3.63, 3.8) is 0 Å². The first kappa shape index (κ1) is 28.1. The Bertz CT molecular complexity index is 1750. The minimum absolute atomic E-state index is 0.00704. The molecule has 0 saturated carbocycles. The molecule has 2 aromatic carbocycles. The standard InChI is InChI=1S/C35H38N4O2/c1-5-7-17-38-32-15-9-24(3)19-28(32)21-26(34(38)40)11-13-30-23-31(37-36-30)14-12-27-22-29-20-25(4)10-16-33(29)39(35(27)41)18-8-6-2/h9-16,19-23H,5-8,17-18H2,1-4H3,(H,36,37)/b13-11+,14-12+. The molecule has 0 aliphatic rings. The molecule has 0 aliphatic carbocycles. The van der Waals surface area contributed by atoms with Gasteiger partial charge in [-0.2, -0.15) is 5.10 Å². The van der Waals surface area contributed by atoms with E-state index in [4.69, 9.17) is 0 Å². The van der Waals surface area contributed by atoms with E-state index < -0.39 is 0 Å². The van der Waals surface area contributed by atoms with E-state index in [0.717, 1.165) is 64.3 Å². The Hall–Kier alpha value is -4.45. The van der Waals surface area contributed by atoms with Crippen LogP contribution in [0.5, 0.6) is 0 Å². The second-order valence-corrected chi connectivity index (χ2v) is 10.9. The summed E-state index contributed by atoms with van der Waals surface area (Å²) in [6.07, 6.45) is 11.4. The molecule has 0 amide bonds. The van der Waals surface area contributed by atoms with E-state index in [1.807, 2.05) is 63.8 Å². The van der Waals surface area contributed by atoms with Crippen LogP contribution in [0.25, 0.3) is 46.1 Å². The maximum Gasteiger partial charge on any atom is 0.258 e. The minimum Gasteiger partial charge on any atom is -0.308 e. The fraction of sp³-hybridized carbons (Fsp3) is 0.286. The predicted molar refractivity (Wildman–Crippen MR) is 172 cm³/mol. The number of H-pyrrole nitrogens is 1. The number of nitrogens with zero attached hydrogens (tertiary/aromatic N) is 3. The highest BCUT2D eigenvalue weighted by Crippen LogP contribution is 2.20. The zero-order chi connectivity index (χ0) is 28.9. The largest absolute Gasteiger partial charge is 0.308 e. The Balaban J connectivity index is 1.43. The van der Waals surface area contributed by atoms with Gasteiger partial charge in [-0.1, -0.05) is 49.9 Å². The summed E-state index contributed by atoms with van der Waals surface area (Å²) in [7, 11) is 0. The first-order valence-corrected chi connectivity index (χ1v) is 14.6. The number of hydrogen-bond donors (Lipinski definition) is 1. The number of benzene rings is 2. The molecule has 0 aliphatic heterocycles. The molecule has 1 N–H and O–H groups in total. The zero-order valence-corrected chi connectivity index (χ0v) is 24.4. The molecule has 5 aromatic rings. The van der Waals surface area contributed by atoms with Gasteiger partial charge >= 0.3 is 0 Å². The van der Waals surface area contributed by atoms with Crippen molar-refractivity contribution >= 4 is 46.1 Å². The lowest BCUT2D eigenvalue weighted by Gasteiger charge is -2.12. The third-order valence-electron chi connectivity index (χ3n) is 7.52. The van der Waals surface area contributed by atoms with E-state index in [-0.39, 0.29) is 11.1 Å². The van der Waals surface area contributed by atoms with Crippen molar-refractivity contribution in [3.8, 4) is 0 Å². The van der Waals surface area contributed by atoms with Crippen LogP contribution in [0.2, 0.25) is 0 Å². The molecule has 0 fully saturated rings. The van der Waals surface area contributed by atoms with Gasteiger partial charge in [0.05, 0.1) is 22.4 Å². The highest BCUT2D eigenvalue weighted by atomic mass is 16.1. The molecule has 0 bridgehead atoms. The number of unbranched alkanes of at least 4 members (excludes halogenated alkanes) is 2. The van der Waals surface area contributed by atoms with Crippen molar-refractivity contribution in [2.24, 2.45) is 0 Å². The molecule has 0 unspecified atom stereocenters. The van der Waals surface area contributed by atoms with Gasteiger partial charge in [0.2, 0.25) is 0 Å². The maximum absolute atomic E-state index is 13.3. The Morgan fingerprint density at radius 3 is 1.71 bits per heavy atom. The summed E-state index contributed by atoms with van der Waals surface area (Å²) in [6, 6.07) is 18.3. The smallest absolute Gasteiger partial charge is 0.258 e. The molecule has 210 valence electrons. The van der Waals surface area contributed by atoms with Crippen LogP contribution in [0.4, 0.5) is 0 Å². The van der Waals surface area contributed by atoms with Crippen molar-refractivity contribution in [1.29, 1.82) is 0 Å². The summed E-state index contributed by atoms with van der Waals surface area (Å²) in [6.45, 7) is 9.79. The second kappa shape index (κ2) is 12.4.